The van der Waals surface area contributed by atoms with E-state index in [1.165, 1.54) is 25.7 Å². The third-order valence-electron chi connectivity index (χ3n) is 4.88. The Morgan fingerprint density at radius 3 is 2.52 bits per heavy atom. The number of nitrogens with one attached hydrogen (secondary N) is 2. The van der Waals surface area contributed by atoms with Crippen LogP contribution in [0.2, 0.25) is 0 Å². The maximum atomic E-state index is 12.4. The summed E-state index contributed by atoms with van der Waals surface area (Å²) in [4.78, 5) is 26.5. The molecule has 1 aliphatic carbocycles. The first-order valence-corrected chi connectivity index (χ1v) is 8.64. The van der Waals surface area contributed by atoms with Crippen molar-refractivity contribution in [2.24, 2.45) is 5.92 Å². The summed E-state index contributed by atoms with van der Waals surface area (Å²) in [6.07, 6.45) is 6.60. The smallest absolute Gasteiger partial charge is 0.322 e. The number of likely N-dealkylation sites (tertiary alicyclic amines) is 1. The number of nitrogens with zero attached hydrogens (tertiary/aromatic N) is 1. The Labute approximate surface area is 137 Å². The Morgan fingerprint density at radius 1 is 1.04 bits per heavy atom. The summed E-state index contributed by atoms with van der Waals surface area (Å²) in [7, 11) is 0. The minimum Gasteiger partial charge on any atom is -0.354 e. The van der Waals surface area contributed by atoms with Crippen LogP contribution in [0.4, 0.5) is 10.5 Å². The van der Waals surface area contributed by atoms with Crippen LogP contribution in [0.5, 0.6) is 0 Å². The van der Waals surface area contributed by atoms with E-state index in [-0.39, 0.29) is 18.0 Å². The zero-order valence-corrected chi connectivity index (χ0v) is 13.5. The molecule has 0 bridgehead atoms. The Balaban J connectivity index is 1.53. The van der Waals surface area contributed by atoms with Crippen LogP contribution in [0.25, 0.3) is 0 Å². The van der Waals surface area contributed by atoms with Crippen LogP contribution in [-0.2, 0) is 4.79 Å². The number of carbonyl (C=O) groups excluding carboxylic acids is 2. The Bertz CT molecular complexity index is 540. The molecule has 1 aromatic carbocycles. The van der Waals surface area contributed by atoms with Gasteiger partial charge in [0.15, 0.2) is 0 Å². The fraction of sp³-hybridized carbons (Fsp3) is 0.556. The highest BCUT2D eigenvalue weighted by molar-refractivity contribution is 5.94. The van der Waals surface area contributed by atoms with Crippen LogP contribution >= 0.6 is 0 Å². The molecular formula is C18H25N3O2. The number of hydrogen-bond donors (Lipinski definition) is 2. The van der Waals surface area contributed by atoms with E-state index in [9.17, 15) is 9.59 Å². The summed E-state index contributed by atoms with van der Waals surface area (Å²) >= 11 is 0. The van der Waals surface area contributed by atoms with E-state index < -0.39 is 0 Å². The molecule has 124 valence electrons. The van der Waals surface area contributed by atoms with Gasteiger partial charge in [0.1, 0.15) is 6.04 Å². The van der Waals surface area contributed by atoms with Crippen LogP contribution < -0.4 is 10.6 Å². The lowest BCUT2D eigenvalue weighted by Crippen LogP contribution is -2.48. The molecule has 0 unspecified atom stereocenters. The van der Waals surface area contributed by atoms with Gasteiger partial charge in [-0.2, -0.15) is 0 Å². The molecule has 1 saturated heterocycles. The minimum atomic E-state index is -0.333. The summed E-state index contributed by atoms with van der Waals surface area (Å²) < 4.78 is 0. The lowest BCUT2D eigenvalue weighted by Gasteiger charge is -2.24. The second-order valence-corrected chi connectivity index (χ2v) is 6.54. The Hall–Kier alpha value is -2.04. The molecule has 5 nitrogen and oxygen atoms in total. The fourth-order valence-electron chi connectivity index (χ4n) is 3.58. The fourth-order valence-corrected chi connectivity index (χ4v) is 3.58. The number of rotatable bonds is 4. The molecule has 3 rings (SSSR count). The molecule has 0 aromatic heterocycles. The molecule has 23 heavy (non-hydrogen) atoms. The minimum absolute atomic E-state index is 0.00221. The summed E-state index contributed by atoms with van der Waals surface area (Å²) in [5.41, 5.74) is 0.759. The van der Waals surface area contributed by atoms with Crippen molar-refractivity contribution in [3.05, 3.63) is 30.3 Å². The highest BCUT2D eigenvalue weighted by atomic mass is 16.2. The lowest BCUT2D eigenvalue weighted by atomic mass is 10.1. The molecule has 0 spiro atoms. The van der Waals surface area contributed by atoms with Crippen molar-refractivity contribution in [1.29, 1.82) is 0 Å². The number of hydrogen-bond acceptors (Lipinski definition) is 2. The van der Waals surface area contributed by atoms with Crippen molar-refractivity contribution in [1.82, 2.24) is 10.2 Å². The van der Waals surface area contributed by atoms with Crippen molar-refractivity contribution in [3.63, 3.8) is 0 Å². The molecule has 1 saturated carbocycles. The zero-order valence-electron chi connectivity index (χ0n) is 13.5. The number of urea groups is 1. The van der Waals surface area contributed by atoms with Crippen LogP contribution in [0.15, 0.2) is 30.3 Å². The maximum absolute atomic E-state index is 12.4. The van der Waals surface area contributed by atoms with Crippen LogP contribution in [0, 0.1) is 5.92 Å². The van der Waals surface area contributed by atoms with Gasteiger partial charge in [0.05, 0.1) is 0 Å². The number of benzene rings is 1. The Kier molecular flexibility index (Phi) is 5.16. The number of para-hydroxylation sites is 1. The third kappa shape index (κ3) is 4.03. The molecule has 0 radical (unpaired) electrons. The van der Waals surface area contributed by atoms with Gasteiger partial charge in [-0.25, -0.2) is 4.79 Å². The SMILES string of the molecule is O=C(NCC1CCCC1)[C@H]1CCCN1C(=O)Nc1ccccc1. The average molecular weight is 315 g/mol. The van der Waals surface area contributed by atoms with Gasteiger partial charge < -0.3 is 15.5 Å². The van der Waals surface area contributed by atoms with Crippen molar-refractivity contribution in [2.75, 3.05) is 18.4 Å². The number of amides is 3. The van der Waals surface area contributed by atoms with E-state index in [0.717, 1.165) is 25.1 Å². The molecule has 1 aromatic rings. The Morgan fingerprint density at radius 2 is 1.78 bits per heavy atom. The van der Waals surface area contributed by atoms with Gasteiger partial charge in [0.25, 0.3) is 0 Å². The standard InChI is InChI=1S/C18H25N3O2/c22-17(19-13-14-7-4-5-8-14)16-11-6-12-21(16)18(23)20-15-9-2-1-3-10-15/h1-3,9-10,14,16H,4-8,11-13H2,(H,19,22)(H,20,23)/t16-/m1/s1. The first kappa shape index (κ1) is 15.8. The molecule has 1 atom stereocenters. The second kappa shape index (κ2) is 7.49. The summed E-state index contributed by atoms with van der Waals surface area (Å²) in [5.74, 6) is 0.615. The predicted molar refractivity (Wildman–Crippen MR) is 90.2 cm³/mol. The van der Waals surface area contributed by atoms with E-state index >= 15 is 0 Å². The van der Waals surface area contributed by atoms with Gasteiger partial charge in [-0.3, -0.25) is 4.79 Å². The van der Waals surface area contributed by atoms with Gasteiger partial charge >= 0.3 is 6.03 Å². The molecule has 5 heteroatoms. The number of anilines is 1. The van der Waals surface area contributed by atoms with E-state index in [0.29, 0.717) is 12.5 Å². The zero-order chi connectivity index (χ0) is 16.1. The quantitative estimate of drug-likeness (QED) is 0.897. The van der Waals surface area contributed by atoms with E-state index in [1.54, 1.807) is 4.90 Å². The van der Waals surface area contributed by atoms with Gasteiger partial charge in [-0.1, -0.05) is 31.0 Å². The van der Waals surface area contributed by atoms with Gasteiger partial charge in [-0.15, -0.1) is 0 Å². The highest BCUT2D eigenvalue weighted by Crippen LogP contribution is 2.24. The third-order valence-corrected chi connectivity index (χ3v) is 4.88. The van der Waals surface area contributed by atoms with Gasteiger partial charge in [0, 0.05) is 18.8 Å². The van der Waals surface area contributed by atoms with Crippen molar-refractivity contribution >= 4 is 17.6 Å². The topological polar surface area (TPSA) is 61.4 Å². The lowest BCUT2D eigenvalue weighted by molar-refractivity contribution is -0.124. The number of carbonyl (C=O) groups is 2. The highest BCUT2D eigenvalue weighted by Gasteiger charge is 2.34. The molecule has 1 aliphatic heterocycles. The van der Waals surface area contributed by atoms with Gasteiger partial charge in [0.2, 0.25) is 5.91 Å². The first-order chi connectivity index (χ1) is 11.2. The van der Waals surface area contributed by atoms with Crippen LogP contribution in [0.3, 0.4) is 0 Å². The predicted octanol–water partition coefficient (Wildman–Crippen LogP) is 2.99. The van der Waals surface area contributed by atoms with E-state index in [1.807, 2.05) is 30.3 Å². The largest absolute Gasteiger partial charge is 0.354 e. The monoisotopic (exact) mass is 315 g/mol. The normalized spacial score (nSPS) is 21.4. The van der Waals surface area contributed by atoms with Crippen LogP contribution in [-0.4, -0.2) is 36.0 Å². The molecule has 2 aliphatic rings. The van der Waals surface area contributed by atoms with E-state index in [4.69, 9.17) is 0 Å². The van der Waals surface area contributed by atoms with Gasteiger partial charge in [-0.05, 0) is 43.7 Å². The molecule has 2 N–H and O–H groups in total. The molecule has 2 fully saturated rings. The molecular weight excluding hydrogens is 290 g/mol. The first-order valence-electron chi connectivity index (χ1n) is 8.64. The average Bonchev–Trinajstić information content (AvgIpc) is 3.25. The van der Waals surface area contributed by atoms with E-state index in [2.05, 4.69) is 10.6 Å². The van der Waals surface area contributed by atoms with Crippen molar-refractivity contribution in [2.45, 2.75) is 44.6 Å². The molecule has 3 amide bonds. The van der Waals surface area contributed by atoms with Crippen molar-refractivity contribution < 1.29 is 9.59 Å². The van der Waals surface area contributed by atoms with Crippen molar-refractivity contribution in [3.8, 4) is 0 Å². The second-order valence-electron chi connectivity index (χ2n) is 6.54. The summed E-state index contributed by atoms with van der Waals surface area (Å²) in [6.45, 7) is 1.39. The maximum Gasteiger partial charge on any atom is 0.322 e. The molecule has 1 heterocycles. The van der Waals surface area contributed by atoms with Crippen LogP contribution in [0.1, 0.15) is 38.5 Å². The summed E-state index contributed by atoms with van der Waals surface area (Å²) in [6, 6.07) is 8.85. The summed E-state index contributed by atoms with van der Waals surface area (Å²) in [5, 5.41) is 5.93.